The van der Waals surface area contributed by atoms with E-state index in [9.17, 15) is 13.2 Å². The summed E-state index contributed by atoms with van der Waals surface area (Å²) in [4.78, 5) is 7.57. The zero-order valence-corrected chi connectivity index (χ0v) is 8.91. The van der Waals surface area contributed by atoms with Crippen LogP contribution in [0.2, 0.25) is 0 Å². The number of nitrogen functional groups attached to an aromatic ring is 1. The number of alkyl halides is 3. The van der Waals surface area contributed by atoms with Crippen molar-refractivity contribution in [2.45, 2.75) is 12.8 Å². The minimum atomic E-state index is -4.43. The number of anilines is 1. The maximum Gasteiger partial charge on any atom is 0.422 e. The second kappa shape index (κ2) is 5.64. The van der Waals surface area contributed by atoms with Crippen LogP contribution in [0.1, 0.15) is 5.82 Å². The third-order valence-electron chi connectivity index (χ3n) is 1.55. The van der Waals surface area contributed by atoms with Crippen molar-refractivity contribution in [2.75, 3.05) is 19.1 Å². The summed E-state index contributed by atoms with van der Waals surface area (Å²) in [5.41, 5.74) is 2.20. The van der Waals surface area contributed by atoms with Gasteiger partial charge < -0.3 is 14.9 Å². The lowest BCUT2D eigenvalue weighted by molar-refractivity contribution is -0.154. The molecular formula is C8H11F3N4O2. The van der Waals surface area contributed by atoms with E-state index >= 15 is 0 Å². The summed E-state index contributed by atoms with van der Waals surface area (Å²) >= 11 is 0. The van der Waals surface area contributed by atoms with Crippen LogP contribution in [0.5, 0.6) is 5.88 Å². The standard InChI is InChI=1S/C8H11F3N4O2/c1-16-3-6-13-5(15-12)2-7(14-6)17-4-8(9,10)11/h2H,3-4,12H2,1H3,(H,13,14,15). The monoisotopic (exact) mass is 252 g/mol. The summed E-state index contributed by atoms with van der Waals surface area (Å²) in [6.07, 6.45) is -4.43. The molecule has 0 bridgehead atoms. The van der Waals surface area contributed by atoms with Crippen molar-refractivity contribution in [1.82, 2.24) is 9.97 Å². The number of rotatable bonds is 5. The molecule has 0 atom stereocenters. The topological polar surface area (TPSA) is 82.3 Å². The van der Waals surface area contributed by atoms with Gasteiger partial charge in [-0.2, -0.15) is 18.2 Å². The number of hydrazine groups is 1. The number of methoxy groups -OCH3 is 1. The predicted octanol–water partition coefficient (Wildman–Crippen LogP) is 0.850. The van der Waals surface area contributed by atoms with Crippen LogP contribution in [0.4, 0.5) is 19.0 Å². The minimum absolute atomic E-state index is 0.0396. The Morgan fingerprint density at radius 3 is 2.65 bits per heavy atom. The molecule has 0 saturated heterocycles. The fraction of sp³-hybridized carbons (Fsp3) is 0.500. The molecule has 0 saturated carbocycles. The van der Waals surface area contributed by atoms with Crippen LogP contribution in [-0.2, 0) is 11.3 Å². The van der Waals surface area contributed by atoms with Crippen LogP contribution in [-0.4, -0.2) is 29.9 Å². The molecule has 0 spiro atoms. The van der Waals surface area contributed by atoms with Crippen LogP contribution >= 0.6 is 0 Å². The van der Waals surface area contributed by atoms with E-state index in [-0.39, 0.29) is 24.1 Å². The molecule has 0 aliphatic rings. The molecule has 3 N–H and O–H groups in total. The van der Waals surface area contributed by atoms with Crippen molar-refractivity contribution < 1.29 is 22.6 Å². The van der Waals surface area contributed by atoms with Crippen molar-refractivity contribution in [2.24, 2.45) is 5.84 Å². The smallest absolute Gasteiger partial charge is 0.422 e. The van der Waals surface area contributed by atoms with E-state index in [0.29, 0.717) is 0 Å². The number of aromatic nitrogens is 2. The Kier molecular flexibility index (Phi) is 4.46. The first kappa shape index (κ1) is 13.5. The van der Waals surface area contributed by atoms with Gasteiger partial charge in [-0.25, -0.2) is 10.8 Å². The third kappa shape index (κ3) is 4.83. The normalized spacial score (nSPS) is 11.4. The molecule has 1 aromatic heterocycles. The van der Waals surface area contributed by atoms with Crippen LogP contribution in [0.15, 0.2) is 6.07 Å². The van der Waals surface area contributed by atoms with Gasteiger partial charge in [0.05, 0.1) is 0 Å². The van der Waals surface area contributed by atoms with Gasteiger partial charge in [0.1, 0.15) is 12.4 Å². The number of nitrogens with one attached hydrogen (secondary N) is 1. The largest absolute Gasteiger partial charge is 0.468 e. The van der Waals surface area contributed by atoms with Crippen LogP contribution in [0.25, 0.3) is 0 Å². The Hall–Kier alpha value is -1.61. The average molecular weight is 252 g/mol. The van der Waals surface area contributed by atoms with Gasteiger partial charge in [-0.3, -0.25) is 0 Å². The first-order valence-corrected chi connectivity index (χ1v) is 4.47. The number of hydrogen-bond donors (Lipinski definition) is 2. The lowest BCUT2D eigenvalue weighted by Gasteiger charge is -2.10. The lowest BCUT2D eigenvalue weighted by Crippen LogP contribution is -2.20. The Balaban J connectivity index is 2.79. The molecule has 0 amide bonds. The van der Waals surface area contributed by atoms with Gasteiger partial charge in [-0.1, -0.05) is 0 Å². The van der Waals surface area contributed by atoms with Gasteiger partial charge >= 0.3 is 6.18 Å². The molecule has 0 fully saturated rings. The van der Waals surface area contributed by atoms with Crippen molar-refractivity contribution >= 4 is 5.82 Å². The molecule has 0 aliphatic carbocycles. The van der Waals surface area contributed by atoms with E-state index in [0.717, 1.165) is 6.07 Å². The molecule has 0 radical (unpaired) electrons. The van der Waals surface area contributed by atoms with Crippen molar-refractivity contribution in [3.05, 3.63) is 11.9 Å². The summed E-state index contributed by atoms with van der Waals surface area (Å²) in [6.45, 7) is -1.39. The van der Waals surface area contributed by atoms with Crippen LogP contribution in [0.3, 0.4) is 0 Å². The fourth-order valence-corrected chi connectivity index (χ4v) is 0.970. The Labute approximate surface area is 94.9 Å². The van der Waals surface area contributed by atoms with Crippen molar-refractivity contribution in [3.63, 3.8) is 0 Å². The summed E-state index contributed by atoms with van der Waals surface area (Å²) in [5, 5.41) is 0. The van der Waals surface area contributed by atoms with Crippen LogP contribution < -0.4 is 16.0 Å². The molecule has 17 heavy (non-hydrogen) atoms. The SMILES string of the molecule is COCc1nc(NN)cc(OCC(F)(F)F)n1. The number of nitrogens with two attached hydrogens (primary N) is 1. The average Bonchev–Trinajstić information content (AvgIpc) is 2.25. The quantitative estimate of drug-likeness (QED) is 0.597. The first-order valence-electron chi connectivity index (χ1n) is 4.47. The highest BCUT2D eigenvalue weighted by Crippen LogP contribution is 2.18. The van der Waals surface area contributed by atoms with Crippen molar-refractivity contribution in [1.29, 1.82) is 0 Å². The molecule has 1 aromatic rings. The van der Waals surface area contributed by atoms with Crippen molar-refractivity contribution in [3.8, 4) is 5.88 Å². The predicted molar refractivity (Wildman–Crippen MR) is 52.1 cm³/mol. The van der Waals surface area contributed by atoms with Gasteiger partial charge in [0.2, 0.25) is 5.88 Å². The summed E-state index contributed by atoms with van der Waals surface area (Å²) < 4.78 is 45.0. The van der Waals surface area contributed by atoms with E-state index in [2.05, 4.69) is 20.1 Å². The van der Waals surface area contributed by atoms with E-state index in [1.165, 1.54) is 7.11 Å². The maximum absolute atomic E-state index is 11.9. The number of halogens is 3. The Morgan fingerprint density at radius 2 is 2.12 bits per heavy atom. The molecule has 0 aliphatic heterocycles. The second-order valence-corrected chi connectivity index (χ2v) is 2.99. The number of nitrogens with zero attached hydrogens (tertiary/aromatic N) is 2. The molecular weight excluding hydrogens is 241 g/mol. The minimum Gasteiger partial charge on any atom is -0.468 e. The Bertz CT molecular complexity index is 372. The summed E-state index contributed by atoms with van der Waals surface area (Å²) in [5.74, 6) is 5.19. The molecule has 0 aromatic carbocycles. The summed E-state index contributed by atoms with van der Waals surface area (Å²) in [7, 11) is 1.40. The molecule has 1 rings (SSSR count). The number of ether oxygens (including phenoxy) is 2. The molecule has 96 valence electrons. The highest BCUT2D eigenvalue weighted by atomic mass is 19.4. The summed E-state index contributed by atoms with van der Waals surface area (Å²) in [6, 6.07) is 1.16. The van der Waals surface area contributed by atoms with Gasteiger partial charge in [-0.05, 0) is 0 Å². The highest BCUT2D eigenvalue weighted by Gasteiger charge is 2.28. The molecule has 1 heterocycles. The second-order valence-electron chi connectivity index (χ2n) is 2.99. The van der Waals surface area contributed by atoms with Gasteiger partial charge in [0, 0.05) is 13.2 Å². The number of hydrogen-bond acceptors (Lipinski definition) is 6. The molecule has 0 unspecified atom stereocenters. The van der Waals surface area contributed by atoms with E-state index in [4.69, 9.17) is 10.6 Å². The first-order chi connectivity index (χ1) is 7.94. The van der Waals surface area contributed by atoms with E-state index < -0.39 is 12.8 Å². The van der Waals surface area contributed by atoms with Gasteiger partial charge in [0.25, 0.3) is 0 Å². The van der Waals surface area contributed by atoms with Crippen LogP contribution in [0, 0.1) is 0 Å². The Morgan fingerprint density at radius 1 is 1.41 bits per heavy atom. The zero-order valence-electron chi connectivity index (χ0n) is 8.91. The zero-order chi connectivity index (χ0) is 12.9. The fourth-order valence-electron chi connectivity index (χ4n) is 0.970. The third-order valence-corrected chi connectivity index (χ3v) is 1.55. The van der Waals surface area contributed by atoms with E-state index in [1.807, 2.05) is 0 Å². The van der Waals surface area contributed by atoms with Gasteiger partial charge in [0.15, 0.2) is 12.4 Å². The van der Waals surface area contributed by atoms with Gasteiger partial charge in [-0.15, -0.1) is 0 Å². The molecule has 6 nitrogen and oxygen atoms in total. The lowest BCUT2D eigenvalue weighted by atomic mass is 10.5. The maximum atomic E-state index is 11.9. The molecule has 9 heteroatoms. The van der Waals surface area contributed by atoms with E-state index in [1.54, 1.807) is 0 Å². The highest BCUT2D eigenvalue weighted by molar-refractivity contribution is 5.36.